The zero-order valence-electron chi connectivity index (χ0n) is 14.8. The van der Waals surface area contributed by atoms with Crippen LogP contribution in [-0.2, 0) is 6.54 Å². The lowest BCUT2D eigenvalue weighted by Crippen LogP contribution is -2.48. The van der Waals surface area contributed by atoms with Gasteiger partial charge in [-0.1, -0.05) is 17.3 Å². The summed E-state index contributed by atoms with van der Waals surface area (Å²) in [6.45, 7) is 3.33. The molecule has 27 heavy (non-hydrogen) atoms. The average molecular weight is 365 g/mol. The second kappa shape index (κ2) is 7.57. The van der Waals surface area contributed by atoms with Crippen LogP contribution in [-0.4, -0.2) is 52.0 Å². The summed E-state index contributed by atoms with van der Waals surface area (Å²) in [7, 11) is 0. The lowest BCUT2D eigenvalue weighted by atomic mass is 10.1. The molecule has 1 amide bonds. The Bertz CT molecular complexity index is 902. The summed E-state index contributed by atoms with van der Waals surface area (Å²) < 4.78 is 14.8. The fraction of sp³-hybridized carbons (Fsp3) is 0.250. The van der Waals surface area contributed by atoms with E-state index < -0.39 is 0 Å². The van der Waals surface area contributed by atoms with Gasteiger partial charge in [-0.2, -0.15) is 0 Å². The van der Waals surface area contributed by atoms with Crippen LogP contribution in [0.15, 0.2) is 60.9 Å². The topological polar surface area (TPSA) is 54.3 Å². The van der Waals surface area contributed by atoms with Gasteiger partial charge in [0.15, 0.2) is 0 Å². The Hall–Kier alpha value is -3.22. The average Bonchev–Trinajstić information content (AvgIpc) is 3.21. The molecule has 0 saturated carbocycles. The first kappa shape index (κ1) is 17.2. The first-order valence-electron chi connectivity index (χ1n) is 8.92. The molecule has 1 saturated heterocycles. The number of hydrogen-bond acceptors (Lipinski definition) is 4. The maximum Gasteiger partial charge on any atom is 0.253 e. The fourth-order valence-corrected chi connectivity index (χ4v) is 3.31. The van der Waals surface area contributed by atoms with Crippen molar-refractivity contribution in [1.29, 1.82) is 0 Å². The van der Waals surface area contributed by atoms with Crippen molar-refractivity contribution < 1.29 is 9.18 Å². The molecule has 0 N–H and O–H groups in total. The summed E-state index contributed by atoms with van der Waals surface area (Å²) in [5.74, 6) is -0.201. The zero-order chi connectivity index (χ0) is 18.6. The van der Waals surface area contributed by atoms with Gasteiger partial charge in [-0.05, 0) is 42.0 Å². The largest absolute Gasteiger partial charge is 0.368 e. The molecular weight excluding hydrogens is 345 g/mol. The fourth-order valence-electron chi connectivity index (χ4n) is 3.31. The van der Waals surface area contributed by atoms with Crippen LogP contribution in [0.1, 0.15) is 15.9 Å². The smallest absolute Gasteiger partial charge is 0.253 e. The number of amides is 1. The van der Waals surface area contributed by atoms with E-state index in [-0.39, 0.29) is 11.7 Å². The van der Waals surface area contributed by atoms with Crippen LogP contribution in [0.2, 0.25) is 0 Å². The third-order valence-corrected chi connectivity index (χ3v) is 4.75. The molecule has 2 heterocycles. The van der Waals surface area contributed by atoms with E-state index in [2.05, 4.69) is 15.2 Å². The number of benzene rings is 2. The number of carbonyl (C=O) groups excluding carboxylic acids is 1. The van der Waals surface area contributed by atoms with E-state index in [1.165, 1.54) is 12.1 Å². The summed E-state index contributed by atoms with van der Waals surface area (Å²) in [6, 6.07) is 14.1. The van der Waals surface area contributed by atoms with Crippen LogP contribution in [0.5, 0.6) is 0 Å². The Labute approximate surface area is 156 Å². The minimum atomic E-state index is -0.238. The number of rotatable bonds is 4. The Balaban J connectivity index is 1.40. The van der Waals surface area contributed by atoms with Gasteiger partial charge in [0.2, 0.25) is 0 Å². The SMILES string of the molecule is O=C(c1cccc(Cn2ccnn2)c1)N1CCN(c2ccc(F)cc2)CC1. The van der Waals surface area contributed by atoms with Crippen LogP contribution >= 0.6 is 0 Å². The standard InChI is InChI=1S/C20H20FN5O/c21-18-4-6-19(7-5-18)24-10-12-25(13-11-24)20(27)17-3-1-2-16(14-17)15-26-9-8-22-23-26/h1-9,14H,10-13,15H2. The van der Waals surface area contributed by atoms with Gasteiger partial charge in [-0.25, -0.2) is 9.07 Å². The first-order valence-corrected chi connectivity index (χ1v) is 8.92. The monoisotopic (exact) mass is 365 g/mol. The van der Waals surface area contributed by atoms with Gasteiger partial charge in [0.1, 0.15) is 5.82 Å². The molecule has 0 bridgehead atoms. The highest BCUT2D eigenvalue weighted by Gasteiger charge is 2.22. The van der Waals surface area contributed by atoms with Crippen molar-refractivity contribution in [3.63, 3.8) is 0 Å². The molecule has 4 rings (SSSR count). The summed E-state index contributed by atoms with van der Waals surface area (Å²) in [6.07, 6.45) is 3.43. The van der Waals surface area contributed by atoms with E-state index in [0.29, 0.717) is 25.2 Å². The number of piperazine rings is 1. The number of halogens is 1. The van der Waals surface area contributed by atoms with E-state index in [0.717, 1.165) is 24.3 Å². The third kappa shape index (κ3) is 3.97. The normalized spacial score (nSPS) is 14.4. The predicted molar refractivity (Wildman–Crippen MR) is 100 cm³/mol. The van der Waals surface area contributed by atoms with E-state index in [4.69, 9.17) is 0 Å². The maximum absolute atomic E-state index is 13.1. The van der Waals surface area contributed by atoms with Gasteiger partial charge in [0.25, 0.3) is 5.91 Å². The number of hydrogen-bond donors (Lipinski definition) is 0. The molecule has 0 spiro atoms. The molecule has 1 fully saturated rings. The molecule has 138 valence electrons. The lowest BCUT2D eigenvalue weighted by Gasteiger charge is -2.36. The molecule has 1 aliphatic rings. The molecule has 1 aromatic heterocycles. The second-order valence-corrected chi connectivity index (χ2v) is 6.56. The summed E-state index contributed by atoms with van der Waals surface area (Å²) in [5, 5.41) is 7.76. The van der Waals surface area contributed by atoms with E-state index in [1.807, 2.05) is 29.2 Å². The van der Waals surface area contributed by atoms with Crippen molar-refractivity contribution in [3.8, 4) is 0 Å². The molecule has 0 atom stereocenters. The van der Waals surface area contributed by atoms with Crippen LogP contribution in [0, 0.1) is 5.82 Å². The van der Waals surface area contributed by atoms with Gasteiger partial charge in [0, 0.05) is 43.6 Å². The van der Waals surface area contributed by atoms with Gasteiger partial charge in [0.05, 0.1) is 12.7 Å². The van der Waals surface area contributed by atoms with E-state index in [1.54, 1.807) is 29.2 Å². The van der Waals surface area contributed by atoms with Crippen molar-refractivity contribution in [2.45, 2.75) is 6.54 Å². The van der Waals surface area contributed by atoms with Crippen molar-refractivity contribution in [2.75, 3.05) is 31.1 Å². The van der Waals surface area contributed by atoms with Crippen molar-refractivity contribution in [1.82, 2.24) is 19.9 Å². The summed E-state index contributed by atoms with van der Waals surface area (Å²) in [4.78, 5) is 16.9. The molecule has 0 unspecified atom stereocenters. The molecule has 6 nitrogen and oxygen atoms in total. The molecule has 2 aromatic carbocycles. The van der Waals surface area contributed by atoms with Gasteiger partial charge < -0.3 is 9.80 Å². The summed E-state index contributed by atoms with van der Waals surface area (Å²) in [5.41, 5.74) is 2.68. The number of nitrogens with zero attached hydrogens (tertiary/aromatic N) is 5. The number of carbonyl (C=O) groups is 1. The first-order chi connectivity index (χ1) is 13.2. The van der Waals surface area contributed by atoms with E-state index >= 15 is 0 Å². The molecule has 0 aliphatic carbocycles. The predicted octanol–water partition coefficient (Wildman–Crippen LogP) is 2.43. The van der Waals surface area contributed by atoms with Gasteiger partial charge in [-0.3, -0.25) is 4.79 Å². The van der Waals surface area contributed by atoms with Crippen molar-refractivity contribution in [2.24, 2.45) is 0 Å². The quantitative estimate of drug-likeness (QED) is 0.713. The Morgan fingerprint density at radius 1 is 1.04 bits per heavy atom. The van der Waals surface area contributed by atoms with Crippen LogP contribution < -0.4 is 4.90 Å². The van der Waals surface area contributed by atoms with Crippen LogP contribution in [0.4, 0.5) is 10.1 Å². The zero-order valence-corrected chi connectivity index (χ0v) is 14.8. The highest BCUT2D eigenvalue weighted by molar-refractivity contribution is 5.94. The van der Waals surface area contributed by atoms with Crippen LogP contribution in [0.3, 0.4) is 0 Å². The highest BCUT2D eigenvalue weighted by atomic mass is 19.1. The molecule has 0 radical (unpaired) electrons. The highest BCUT2D eigenvalue weighted by Crippen LogP contribution is 2.18. The molecular formula is C20H20FN5O. The molecule has 1 aliphatic heterocycles. The van der Waals surface area contributed by atoms with Crippen molar-refractivity contribution >= 4 is 11.6 Å². The second-order valence-electron chi connectivity index (χ2n) is 6.56. The third-order valence-electron chi connectivity index (χ3n) is 4.75. The van der Waals surface area contributed by atoms with Gasteiger partial charge in [-0.15, -0.1) is 5.10 Å². The minimum absolute atomic E-state index is 0.0363. The Morgan fingerprint density at radius 3 is 2.52 bits per heavy atom. The van der Waals surface area contributed by atoms with Gasteiger partial charge >= 0.3 is 0 Å². The number of aromatic nitrogens is 3. The summed E-state index contributed by atoms with van der Waals surface area (Å²) >= 11 is 0. The van der Waals surface area contributed by atoms with E-state index in [9.17, 15) is 9.18 Å². The molecule has 3 aromatic rings. The number of anilines is 1. The Kier molecular flexibility index (Phi) is 4.82. The minimum Gasteiger partial charge on any atom is -0.368 e. The molecule has 7 heteroatoms. The van der Waals surface area contributed by atoms with Crippen molar-refractivity contribution in [3.05, 3.63) is 77.9 Å². The Morgan fingerprint density at radius 2 is 1.81 bits per heavy atom. The lowest BCUT2D eigenvalue weighted by molar-refractivity contribution is 0.0746. The van der Waals surface area contributed by atoms with Crippen LogP contribution in [0.25, 0.3) is 0 Å². The maximum atomic E-state index is 13.1.